The van der Waals surface area contributed by atoms with E-state index in [-0.39, 0.29) is 5.54 Å². The predicted molar refractivity (Wildman–Crippen MR) is 99.3 cm³/mol. The third-order valence-electron chi connectivity index (χ3n) is 5.47. The first-order chi connectivity index (χ1) is 13.8. The van der Waals surface area contributed by atoms with Gasteiger partial charge in [-0.05, 0) is 17.7 Å². The van der Waals surface area contributed by atoms with Crippen LogP contribution in [0.3, 0.4) is 0 Å². The van der Waals surface area contributed by atoms with Crippen molar-refractivity contribution < 1.29 is 23.5 Å². The van der Waals surface area contributed by atoms with Crippen LogP contribution in [0.2, 0.25) is 0 Å². The van der Waals surface area contributed by atoms with Gasteiger partial charge in [-0.25, -0.2) is 0 Å². The number of fused-ring (bicyclic) bond motifs is 1. The van der Waals surface area contributed by atoms with Crippen LogP contribution in [0.15, 0.2) is 28.8 Å². The Balaban J connectivity index is 1.19. The second-order valence-electron chi connectivity index (χ2n) is 7.66. The molecule has 1 aromatic carbocycles. The van der Waals surface area contributed by atoms with Crippen LogP contribution in [0.4, 0.5) is 0 Å². The van der Waals surface area contributed by atoms with E-state index in [2.05, 4.69) is 27.5 Å². The highest BCUT2D eigenvalue weighted by molar-refractivity contribution is 5.44. The number of nitrogens with one attached hydrogen (secondary N) is 1. The summed E-state index contributed by atoms with van der Waals surface area (Å²) >= 11 is 0. The molecular formula is C20H25N3O5. The molecule has 1 aromatic heterocycles. The smallest absolute Gasteiger partial charge is 0.231 e. The molecule has 1 N–H and O–H groups in total. The zero-order valence-electron chi connectivity index (χ0n) is 15.8. The minimum absolute atomic E-state index is 0.108. The number of benzene rings is 1. The SMILES string of the molecule is c1cc2c(cc1CNC1(Cc3cc(CN4CCOCC4)on3)COC1)OCO2. The van der Waals surface area contributed by atoms with Crippen LogP contribution in [-0.2, 0) is 29.0 Å². The van der Waals surface area contributed by atoms with E-state index < -0.39 is 0 Å². The normalized spacial score (nSPS) is 20.9. The van der Waals surface area contributed by atoms with Gasteiger partial charge in [0.15, 0.2) is 17.3 Å². The van der Waals surface area contributed by atoms with Crippen LogP contribution >= 0.6 is 0 Å². The van der Waals surface area contributed by atoms with Gasteiger partial charge in [0.05, 0.1) is 44.2 Å². The minimum Gasteiger partial charge on any atom is -0.454 e. The average Bonchev–Trinajstić information content (AvgIpc) is 3.33. The number of aromatic nitrogens is 1. The molecule has 2 aromatic rings. The molecule has 3 aliphatic rings. The van der Waals surface area contributed by atoms with Crippen LogP contribution < -0.4 is 14.8 Å². The summed E-state index contributed by atoms with van der Waals surface area (Å²) < 4.78 is 27.3. The Morgan fingerprint density at radius 3 is 2.71 bits per heavy atom. The van der Waals surface area contributed by atoms with Gasteiger partial charge in [0.1, 0.15) is 0 Å². The van der Waals surface area contributed by atoms with E-state index in [0.29, 0.717) is 20.0 Å². The van der Waals surface area contributed by atoms with Gasteiger partial charge in [-0.3, -0.25) is 4.90 Å². The molecule has 150 valence electrons. The summed E-state index contributed by atoms with van der Waals surface area (Å²) in [6.07, 6.45) is 0.782. The molecular weight excluding hydrogens is 362 g/mol. The summed E-state index contributed by atoms with van der Waals surface area (Å²) in [6.45, 7) is 6.59. The molecule has 0 bridgehead atoms. The molecule has 3 aliphatic heterocycles. The Morgan fingerprint density at radius 1 is 1.04 bits per heavy atom. The first kappa shape index (κ1) is 17.9. The Labute approximate surface area is 163 Å². The molecule has 2 fully saturated rings. The van der Waals surface area contributed by atoms with E-state index >= 15 is 0 Å². The van der Waals surface area contributed by atoms with Gasteiger partial charge in [-0.1, -0.05) is 11.2 Å². The second kappa shape index (κ2) is 7.71. The summed E-state index contributed by atoms with van der Waals surface area (Å²) in [5.41, 5.74) is 2.01. The molecule has 0 radical (unpaired) electrons. The number of hydrogen-bond donors (Lipinski definition) is 1. The van der Waals surface area contributed by atoms with Crippen LogP contribution in [-0.4, -0.2) is 61.9 Å². The zero-order valence-corrected chi connectivity index (χ0v) is 15.8. The third kappa shape index (κ3) is 3.86. The van der Waals surface area contributed by atoms with Gasteiger partial charge in [0, 0.05) is 32.1 Å². The van der Waals surface area contributed by atoms with Gasteiger partial charge in [0.25, 0.3) is 0 Å². The lowest BCUT2D eigenvalue weighted by molar-refractivity contribution is -0.0755. The van der Waals surface area contributed by atoms with Crippen LogP contribution in [0.25, 0.3) is 0 Å². The van der Waals surface area contributed by atoms with E-state index in [1.165, 1.54) is 0 Å². The molecule has 28 heavy (non-hydrogen) atoms. The van der Waals surface area contributed by atoms with Crippen molar-refractivity contribution in [3.63, 3.8) is 0 Å². The first-order valence-corrected chi connectivity index (χ1v) is 9.74. The number of ether oxygens (including phenoxy) is 4. The molecule has 0 spiro atoms. The van der Waals surface area contributed by atoms with Crippen LogP contribution in [0.5, 0.6) is 11.5 Å². The van der Waals surface area contributed by atoms with Crippen molar-refractivity contribution in [1.82, 2.24) is 15.4 Å². The number of nitrogens with zero attached hydrogens (tertiary/aromatic N) is 2. The fraction of sp³-hybridized carbons (Fsp3) is 0.550. The molecule has 5 rings (SSSR count). The Kier molecular flexibility index (Phi) is 4.94. The average molecular weight is 387 g/mol. The zero-order chi connectivity index (χ0) is 18.8. The van der Waals surface area contributed by atoms with E-state index in [0.717, 1.165) is 74.3 Å². The molecule has 0 atom stereocenters. The summed E-state index contributed by atoms with van der Waals surface area (Å²) in [6, 6.07) is 8.11. The highest BCUT2D eigenvalue weighted by atomic mass is 16.7. The summed E-state index contributed by atoms with van der Waals surface area (Å²) in [4.78, 5) is 2.33. The van der Waals surface area contributed by atoms with E-state index in [1.807, 2.05) is 12.1 Å². The van der Waals surface area contributed by atoms with E-state index in [1.54, 1.807) is 0 Å². The van der Waals surface area contributed by atoms with E-state index in [9.17, 15) is 0 Å². The van der Waals surface area contributed by atoms with Crippen molar-refractivity contribution in [3.8, 4) is 11.5 Å². The Morgan fingerprint density at radius 2 is 1.89 bits per heavy atom. The molecule has 8 heteroatoms. The number of rotatable bonds is 7. The van der Waals surface area contributed by atoms with Crippen molar-refractivity contribution in [2.75, 3.05) is 46.3 Å². The van der Waals surface area contributed by atoms with Crippen molar-refractivity contribution in [1.29, 1.82) is 0 Å². The predicted octanol–water partition coefficient (Wildman–Crippen LogP) is 1.34. The van der Waals surface area contributed by atoms with Crippen molar-refractivity contribution >= 4 is 0 Å². The lowest BCUT2D eigenvalue weighted by Gasteiger charge is -2.42. The maximum atomic E-state index is 5.56. The first-order valence-electron chi connectivity index (χ1n) is 9.74. The number of morpholine rings is 1. The monoisotopic (exact) mass is 387 g/mol. The highest BCUT2D eigenvalue weighted by Gasteiger charge is 2.39. The number of hydrogen-bond acceptors (Lipinski definition) is 8. The minimum atomic E-state index is -0.108. The highest BCUT2D eigenvalue weighted by Crippen LogP contribution is 2.33. The van der Waals surface area contributed by atoms with Crippen molar-refractivity contribution in [2.45, 2.75) is 25.0 Å². The van der Waals surface area contributed by atoms with Gasteiger partial charge in [-0.15, -0.1) is 0 Å². The quantitative estimate of drug-likeness (QED) is 0.763. The molecule has 0 saturated carbocycles. The summed E-state index contributed by atoms with van der Waals surface area (Å²) in [5.74, 6) is 2.52. The maximum Gasteiger partial charge on any atom is 0.231 e. The van der Waals surface area contributed by atoms with Crippen molar-refractivity contribution in [2.24, 2.45) is 0 Å². The standard InChI is InChI=1S/C20H25N3O5/c1-2-18-19(27-14-26-18)7-15(1)10-21-20(12-25-13-20)9-16-8-17(28-22-16)11-23-3-5-24-6-4-23/h1-2,7-8,21H,3-6,9-14H2. The molecule has 4 heterocycles. The molecule has 0 amide bonds. The lowest BCUT2D eigenvalue weighted by atomic mass is 9.91. The topological polar surface area (TPSA) is 78.2 Å². The van der Waals surface area contributed by atoms with Gasteiger partial charge in [-0.2, -0.15) is 0 Å². The largest absolute Gasteiger partial charge is 0.454 e. The molecule has 2 saturated heterocycles. The van der Waals surface area contributed by atoms with Gasteiger partial charge in [0.2, 0.25) is 6.79 Å². The molecule has 8 nitrogen and oxygen atoms in total. The summed E-state index contributed by atoms with van der Waals surface area (Å²) in [7, 11) is 0. The van der Waals surface area contributed by atoms with Crippen LogP contribution in [0, 0.1) is 0 Å². The van der Waals surface area contributed by atoms with Gasteiger partial charge >= 0.3 is 0 Å². The third-order valence-corrected chi connectivity index (χ3v) is 5.47. The fourth-order valence-corrected chi connectivity index (χ4v) is 3.80. The second-order valence-corrected chi connectivity index (χ2v) is 7.66. The lowest BCUT2D eigenvalue weighted by Crippen LogP contribution is -2.61. The molecule has 0 unspecified atom stereocenters. The Bertz CT molecular complexity index is 814. The maximum absolute atomic E-state index is 5.56. The summed E-state index contributed by atoms with van der Waals surface area (Å²) in [5, 5.41) is 7.94. The van der Waals surface area contributed by atoms with E-state index in [4.69, 9.17) is 23.5 Å². The van der Waals surface area contributed by atoms with Crippen molar-refractivity contribution in [3.05, 3.63) is 41.3 Å². The molecule has 0 aliphatic carbocycles. The van der Waals surface area contributed by atoms with Crippen LogP contribution in [0.1, 0.15) is 17.0 Å². The fourth-order valence-electron chi connectivity index (χ4n) is 3.80. The van der Waals surface area contributed by atoms with Gasteiger partial charge < -0.3 is 28.8 Å². The Hall–Kier alpha value is -2.13.